The molecule has 36 heteroatoms. The third-order valence-electron chi connectivity index (χ3n) is 13.1. The van der Waals surface area contributed by atoms with Crippen LogP contribution in [0.4, 0.5) is 45.4 Å². The number of hydrogen-bond donors (Lipinski definition) is 5. The molecular weight excluding hydrogens is 1710 g/mol. The summed E-state index contributed by atoms with van der Waals surface area (Å²) in [6, 6.07) is 23.1. The Bertz CT molecular complexity index is 4550. The van der Waals surface area contributed by atoms with E-state index in [1.807, 2.05) is 32.0 Å². The van der Waals surface area contributed by atoms with E-state index in [0.29, 0.717) is 89.4 Å². The molecule has 6 aromatic carbocycles. The number of alkyl halides is 1. The van der Waals surface area contributed by atoms with Crippen LogP contribution >= 0.6 is 103 Å². The number of hydroxylamine groups is 1. The molecule has 0 saturated carbocycles. The van der Waals surface area contributed by atoms with Crippen molar-refractivity contribution in [3.8, 4) is 11.8 Å². The van der Waals surface area contributed by atoms with E-state index in [1.165, 1.54) is 61.0 Å². The molecule has 5 N–H and O–H groups in total. The molecule has 0 saturated heterocycles. The SMILES string of the molecule is CC(=O)NO.CC(C)(C)OC(=O)N(C(=O)OC(C)(C)C)c1noc2cc(CBr)c(Cl)cc12.Cc1cc(F)c(Br)cc1Cl.Cc1cc(F)c(C#N)cc1Cl.Cc1cc2onc(N(C(=O)OC(C)(C)C)C(=O)OC(C)(C)C)c2cc1Cl.Cc1cc2onc(N)c2cc1Cl.Oc1ccc2c(c1)CCCC2.[B]=NS.[C-]#N.[Cu+]. The van der Waals surface area contributed by atoms with Crippen LogP contribution in [-0.2, 0) is 59.0 Å². The van der Waals surface area contributed by atoms with Crippen LogP contribution in [0.3, 0.4) is 0 Å². The van der Waals surface area contributed by atoms with Gasteiger partial charge in [-0.05, 0) is 264 Å². The number of imide groups is 2. The normalized spacial score (nSPS) is 11.1. The second-order valence-electron chi connectivity index (χ2n) is 26.6. The Kier molecular flexibility index (Phi) is 40.7. The standard InChI is InChI=1S/C18H22BrClN2O5.C18H23ClN2O5.C10H12O.C8H5ClFN.C8H7ClN2O.C7H5BrClF.C2H5NO2.CN.BHNS.Cu/c1-17(2,3)25-15(23)22(16(24)26-18(4,5)6)14-11-8-12(20)10(9-19)7-13(11)27-21-14;1-10-8-13-11(9-12(10)19)14(20-26-13)21(15(22)24-17(2,3)4)16(23)25-18(5,6)7;11-10-6-5-8-3-1-2-4-9(8)7-10;1-5-2-8(10)6(4-11)3-7(5)9;1-4-2-7-5(3-6(4)9)8(10)11-12-7;1-4-2-7(10)5(8)3-6(4)9;1-2(4)3-5;1-2;1-2-3;/h7-8H,9H2,1-6H3;8-9H,1-7H3;5-7,11H,1-4H2;2-3H,1H3;2-3H,1H3,(H2,10,11);2-3H,1H3;5H,1H3,(H,3,4);;3H;/q;;;;;;;-1;;+1. The van der Waals surface area contributed by atoms with Gasteiger partial charge in [0.1, 0.15) is 45.9 Å². The molecule has 1 radical (unpaired) electrons. The number of nitrogen functional groups attached to an aromatic ring is 1. The molecule has 1 aliphatic rings. The molecule has 0 fully saturated rings. The van der Waals surface area contributed by atoms with E-state index in [2.05, 4.69) is 72.1 Å². The summed E-state index contributed by atoms with van der Waals surface area (Å²) in [6.45, 7) is 33.5. The maximum absolute atomic E-state index is 12.7. The zero-order valence-corrected chi connectivity index (χ0v) is 70.5. The Morgan fingerprint density at radius 2 is 0.963 bits per heavy atom. The van der Waals surface area contributed by atoms with Crippen molar-refractivity contribution in [2.45, 2.75) is 171 Å². The zero-order chi connectivity index (χ0) is 82.0. The Balaban J connectivity index is 0.000000657. The van der Waals surface area contributed by atoms with Gasteiger partial charge < -0.3 is 55.2 Å². The van der Waals surface area contributed by atoms with Gasteiger partial charge in [-0.1, -0.05) is 95.5 Å². The summed E-state index contributed by atoms with van der Waals surface area (Å²) in [7, 11) is 4.34. The number of phenolic OH excluding ortho intramolecular Hbond substituents is 1. The van der Waals surface area contributed by atoms with E-state index in [-0.39, 0.29) is 40.1 Å². The van der Waals surface area contributed by atoms with Gasteiger partial charge >= 0.3 is 66.2 Å². The number of anilines is 3. The fourth-order valence-corrected chi connectivity index (χ4v) is 10.3. The molecular formula is C72H80BBr2Cl5CuF2N10O14S. The molecule has 24 nitrogen and oxygen atoms in total. The first-order valence-electron chi connectivity index (χ1n) is 31.6. The number of amides is 5. The van der Waals surface area contributed by atoms with E-state index in [9.17, 15) is 37.9 Å². The zero-order valence-electron chi connectivity index (χ0n) is 61.7. The van der Waals surface area contributed by atoms with Crippen LogP contribution in [0.2, 0.25) is 25.1 Å². The number of aryl methyl sites for hydroxylation is 6. The van der Waals surface area contributed by atoms with Gasteiger partial charge in [-0.3, -0.25) is 10.0 Å². The van der Waals surface area contributed by atoms with Crippen molar-refractivity contribution in [3.63, 3.8) is 0 Å². The number of aromatic hydroxyl groups is 1. The number of nitriles is 1. The van der Waals surface area contributed by atoms with Crippen LogP contribution in [0.1, 0.15) is 147 Å². The van der Waals surface area contributed by atoms with Crippen molar-refractivity contribution in [2.24, 2.45) is 4.30 Å². The molecule has 10 rings (SSSR count). The first-order chi connectivity index (χ1) is 49.6. The number of ether oxygens (including phenoxy) is 4. The van der Waals surface area contributed by atoms with Crippen molar-refractivity contribution in [2.75, 3.05) is 15.5 Å². The van der Waals surface area contributed by atoms with E-state index in [4.69, 9.17) is 119 Å². The molecule has 1 aliphatic carbocycles. The largest absolute Gasteiger partial charge is 1.00 e. The van der Waals surface area contributed by atoms with Crippen molar-refractivity contribution in [3.05, 3.63) is 171 Å². The predicted octanol–water partition coefficient (Wildman–Crippen LogP) is 22.2. The number of nitrogens with one attached hydrogen (secondary N) is 1. The number of thiol groups is 1. The van der Waals surface area contributed by atoms with Gasteiger partial charge in [0, 0.05) is 37.4 Å². The van der Waals surface area contributed by atoms with Crippen LogP contribution < -0.4 is 21.0 Å². The monoisotopic (exact) mass is 1790 g/mol. The number of phenols is 1. The minimum atomic E-state index is -0.923. The van der Waals surface area contributed by atoms with Crippen LogP contribution in [0.25, 0.3) is 32.9 Å². The van der Waals surface area contributed by atoms with Crippen molar-refractivity contribution in [1.82, 2.24) is 21.0 Å². The number of carbonyl (C=O) groups excluding carboxylic acids is 5. The summed E-state index contributed by atoms with van der Waals surface area (Å²) in [6.07, 6.45) is 1.23. The fourth-order valence-electron chi connectivity index (χ4n) is 8.34. The van der Waals surface area contributed by atoms with Gasteiger partial charge in [-0.25, -0.2) is 33.4 Å². The summed E-state index contributed by atoms with van der Waals surface area (Å²) in [5, 5.41) is 47.4. The van der Waals surface area contributed by atoms with E-state index < -0.39 is 58.5 Å². The number of rotatable bonds is 3. The van der Waals surface area contributed by atoms with Crippen molar-refractivity contribution in [1.29, 1.82) is 10.5 Å². The van der Waals surface area contributed by atoms with Crippen LogP contribution in [0.5, 0.6) is 5.75 Å². The Hall–Kier alpha value is -7.78. The fraction of sp³-hybridized carbons (Fsp3) is 0.361. The molecule has 0 atom stereocenters. The summed E-state index contributed by atoms with van der Waals surface area (Å²) >= 11 is 39.2. The molecule has 3 heterocycles. The number of carbonyl (C=O) groups is 5. The van der Waals surface area contributed by atoms with Crippen LogP contribution in [-0.4, -0.2) is 86.1 Å². The minimum absolute atomic E-state index is 0. The molecule has 9 aromatic rings. The third-order valence-corrected chi connectivity index (χ3v) is 16.3. The number of aromatic nitrogens is 3. The van der Waals surface area contributed by atoms with Gasteiger partial charge in [0.05, 0.1) is 26.2 Å². The van der Waals surface area contributed by atoms with E-state index in [0.717, 1.165) is 34.1 Å². The van der Waals surface area contributed by atoms with E-state index >= 15 is 0 Å². The molecule has 108 heavy (non-hydrogen) atoms. The smallest absolute Gasteiger partial charge is 0.512 e. The average Bonchev–Trinajstić information content (AvgIpc) is 1.62. The molecule has 585 valence electrons. The molecule has 5 amide bonds. The van der Waals surface area contributed by atoms with Crippen LogP contribution in [0, 0.1) is 62.5 Å². The maximum atomic E-state index is 12.7. The number of nitrogens with zero attached hydrogens (tertiary/aromatic N) is 8. The Morgan fingerprint density at radius 1 is 0.620 bits per heavy atom. The second kappa shape index (κ2) is 44.8. The predicted molar refractivity (Wildman–Crippen MR) is 421 cm³/mol. The molecule has 3 aromatic heterocycles. The number of hydrogen-bond acceptors (Lipinski definition) is 22. The Labute approximate surface area is 683 Å². The summed E-state index contributed by atoms with van der Waals surface area (Å²) in [5.74, 6) is -0.527. The quantitative estimate of drug-likeness (QED) is 0.0160. The van der Waals surface area contributed by atoms with Gasteiger partial charge in [0.25, 0.3) is 0 Å². The summed E-state index contributed by atoms with van der Waals surface area (Å²) in [4.78, 5) is 61.7. The number of benzene rings is 6. The number of fused-ring (bicyclic) bond motifs is 4. The second-order valence-corrected chi connectivity index (χ2v) is 30.3. The summed E-state index contributed by atoms with van der Waals surface area (Å²) in [5.41, 5.74) is 11.8. The summed E-state index contributed by atoms with van der Waals surface area (Å²) < 4.78 is 65.4. The first kappa shape index (κ1) is 98.2. The number of nitrogens with two attached hydrogens (primary N) is 1. The topological polar surface area (TPSA) is 345 Å². The van der Waals surface area contributed by atoms with Crippen LogP contribution in [0.15, 0.2) is 101 Å². The third kappa shape index (κ3) is 32.4. The maximum Gasteiger partial charge on any atom is 1.00 e. The molecule has 0 unspecified atom stereocenters. The molecule has 0 bridgehead atoms. The molecule has 0 spiro atoms. The van der Waals surface area contributed by atoms with Gasteiger partial charge in [-0.15, -0.1) is 0 Å². The van der Waals surface area contributed by atoms with Gasteiger partial charge in [-0.2, -0.15) is 15.1 Å². The van der Waals surface area contributed by atoms with E-state index in [1.54, 1.807) is 145 Å². The minimum Gasteiger partial charge on any atom is -0.512 e. The number of halogens is 9. The Morgan fingerprint density at radius 3 is 1.35 bits per heavy atom. The van der Waals surface area contributed by atoms with Crippen molar-refractivity contribution < 1.29 is 92.7 Å². The first-order valence-corrected chi connectivity index (χ1v) is 35.8. The van der Waals surface area contributed by atoms with Crippen molar-refractivity contribution >= 4 is 191 Å². The average molecular weight is 1790 g/mol. The molecule has 0 aliphatic heterocycles. The van der Waals surface area contributed by atoms with Gasteiger partial charge in [0.2, 0.25) is 5.91 Å². The van der Waals surface area contributed by atoms with Gasteiger partial charge in [0.15, 0.2) is 34.2 Å².